The first-order valence-corrected chi connectivity index (χ1v) is 11.6. The van der Waals surface area contributed by atoms with E-state index in [1.807, 2.05) is 45.9 Å². The van der Waals surface area contributed by atoms with E-state index in [1.165, 1.54) is 22.9 Å². The minimum Gasteiger partial charge on any atom is -0.311 e. The number of hydrogen-bond acceptors (Lipinski definition) is 5. The first-order valence-electron chi connectivity index (χ1n) is 10.6. The Morgan fingerprint density at radius 3 is 2.66 bits per heavy atom. The molecule has 1 aliphatic heterocycles. The van der Waals surface area contributed by atoms with E-state index in [4.69, 9.17) is 0 Å². The van der Waals surface area contributed by atoms with Crippen LogP contribution in [0.4, 0.5) is 5.69 Å². The second-order valence-electron chi connectivity index (χ2n) is 7.86. The van der Waals surface area contributed by atoms with E-state index in [9.17, 15) is 4.79 Å². The molecule has 0 saturated heterocycles. The first-order chi connectivity index (χ1) is 15.6. The first kappa shape index (κ1) is 20.5. The van der Waals surface area contributed by atoms with Crippen molar-refractivity contribution in [2.75, 3.05) is 17.2 Å². The number of amides is 1. The predicted molar refractivity (Wildman–Crippen MR) is 127 cm³/mol. The lowest BCUT2D eigenvalue weighted by Gasteiger charge is -2.17. The van der Waals surface area contributed by atoms with Crippen LogP contribution in [-0.2, 0) is 11.2 Å². The second kappa shape index (κ2) is 8.59. The zero-order chi connectivity index (χ0) is 22.1. The SMILES string of the molecule is Cc1ccc(-n2c(SCC(=O)N3CCc4ccccc43)nnc2-c2ccccn2)c(C)c1. The van der Waals surface area contributed by atoms with Crippen LogP contribution in [0.5, 0.6) is 0 Å². The maximum absolute atomic E-state index is 13.1. The molecular weight excluding hydrogens is 418 g/mol. The molecule has 0 unspecified atom stereocenters. The minimum atomic E-state index is 0.0783. The number of aromatic nitrogens is 4. The zero-order valence-electron chi connectivity index (χ0n) is 18.0. The topological polar surface area (TPSA) is 63.9 Å². The molecule has 7 heteroatoms. The Labute approximate surface area is 191 Å². The molecule has 0 aliphatic carbocycles. The summed E-state index contributed by atoms with van der Waals surface area (Å²) in [6, 6.07) is 20.1. The fourth-order valence-corrected chi connectivity index (χ4v) is 4.92. The lowest BCUT2D eigenvalue weighted by Crippen LogP contribution is -2.30. The molecule has 32 heavy (non-hydrogen) atoms. The highest BCUT2D eigenvalue weighted by Crippen LogP contribution is 2.31. The van der Waals surface area contributed by atoms with Gasteiger partial charge in [0.1, 0.15) is 5.69 Å². The van der Waals surface area contributed by atoms with Crippen molar-refractivity contribution in [3.63, 3.8) is 0 Å². The van der Waals surface area contributed by atoms with Crippen molar-refractivity contribution in [2.24, 2.45) is 0 Å². The number of benzene rings is 2. The second-order valence-corrected chi connectivity index (χ2v) is 8.80. The van der Waals surface area contributed by atoms with Crippen molar-refractivity contribution in [1.82, 2.24) is 19.7 Å². The Balaban J connectivity index is 1.47. The van der Waals surface area contributed by atoms with Crippen LogP contribution in [-0.4, -0.2) is 38.0 Å². The molecule has 1 aliphatic rings. The molecule has 5 rings (SSSR count). The maximum Gasteiger partial charge on any atom is 0.237 e. The van der Waals surface area contributed by atoms with Gasteiger partial charge in [-0.05, 0) is 55.7 Å². The van der Waals surface area contributed by atoms with Crippen LogP contribution in [0.3, 0.4) is 0 Å². The van der Waals surface area contributed by atoms with Gasteiger partial charge < -0.3 is 4.90 Å². The number of anilines is 1. The standard InChI is InChI=1S/C25H23N5OS/c1-17-10-11-21(18(2)15-17)30-24(20-8-5-6-13-26-20)27-28-25(30)32-16-23(31)29-14-12-19-7-3-4-9-22(19)29/h3-11,13,15H,12,14,16H2,1-2H3. The zero-order valence-corrected chi connectivity index (χ0v) is 18.8. The molecule has 0 atom stereocenters. The summed E-state index contributed by atoms with van der Waals surface area (Å²) in [6.07, 6.45) is 2.65. The van der Waals surface area contributed by atoms with Gasteiger partial charge in [-0.25, -0.2) is 0 Å². The molecule has 0 bridgehead atoms. The van der Waals surface area contributed by atoms with Gasteiger partial charge in [0.05, 0.1) is 11.4 Å². The lowest BCUT2D eigenvalue weighted by molar-refractivity contribution is -0.116. The highest BCUT2D eigenvalue weighted by atomic mass is 32.2. The molecule has 6 nitrogen and oxygen atoms in total. The Morgan fingerprint density at radius 2 is 1.84 bits per heavy atom. The maximum atomic E-state index is 13.1. The quantitative estimate of drug-likeness (QED) is 0.423. The van der Waals surface area contributed by atoms with Crippen LogP contribution in [0.15, 0.2) is 72.0 Å². The molecule has 2 aromatic heterocycles. The number of thioether (sulfide) groups is 1. The van der Waals surface area contributed by atoms with Crippen molar-refractivity contribution < 1.29 is 4.79 Å². The number of aryl methyl sites for hydroxylation is 2. The highest BCUT2D eigenvalue weighted by molar-refractivity contribution is 7.99. The van der Waals surface area contributed by atoms with Gasteiger partial charge in [0, 0.05) is 18.4 Å². The molecule has 0 fully saturated rings. The fraction of sp³-hybridized carbons (Fsp3) is 0.200. The van der Waals surface area contributed by atoms with Crippen molar-refractivity contribution in [3.8, 4) is 17.2 Å². The number of fused-ring (bicyclic) bond motifs is 1. The van der Waals surface area contributed by atoms with Crippen LogP contribution < -0.4 is 4.90 Å². The summed E-state index contributed by atoms with van der Waals surface area (Å²) in [6.45, 7) is 4.87. The van der Waals surface area contributed by atoms with Crippen LogP contribution in [0.1, 0.15) is 16.7 Å². The molecule has 160 valence electrons. The average Bonchev–Trinajstić information content (AvgIpc) is 3.43. The van der Waals surface area contributed by atoms with Crippen LogP contribution in [0.25, 0.3) is 17.2 Å². The Bertz CT molecular complexity index is 1280. The van der Waals surface area contributed by atoms with Gasteiger partial charge in [-0.3, -0.25) is 14.3 Å². The third-order valence-electron chi connectivity index (χ3n) is 5.63. The van der Waals surface area contributed by atoms with E-state index in [0.717, 1.165) is 35.6 Å². The molecule has 0 radical (unpaired) electrons. The summed E-state index contributed by atoms with van der Waals surface area (Å²) in [5.74, 6) is 1.04. The Kier molecular flexibility index (Phi) is 5.49. The summed E-state index contributed by atoms with van der Waals surface area (Å²) in [5, 5.41) is 9.56. The summed E-state index contributed by atoms with van der Waals surface area (Å²) in [5.41, 5.74) is 6.28. The van der Waals surface area contributed by atoms with E-state index in [0.29, 0.717) is 16.7 Å². The van der Waals surface area contributed by atoms with Crippen LogP contribution >= 0.6 is 11.8 Å². The van der Waals surface area contributed by atoms with E-state index < -0.39 is 0 Å². The van der Waals surface area contributed by atoms with E-state index in [1.54, 1.807) is 6.20 Å². The molecule has 0 saturated carbocycles. The smallest absolute Gasteiger partial charge is 0.237 e. The van der Waals surface area contributed by atoms with E-state index in [2.05, 4.69) is 53.3 Å². The Morgan fingerprint density at radius 1 is 1.00 bits per heavy atom. The number of rotatable bonds is 5. The van der Waals surface area contributed by atoms with Gasteiger partial charge in [-0.2, -0.15) is 0 Å². The summed E-state index contributed by atoms with van der Waals surface area (Å²) in [4.78, 5) is 19.4. The van der Waals surface area contributed by atoms with E-state index >= 15 is 0 Å². The molecule has 3 heterocycles. The van der Waals surface area contributed by atoms with Gasteiger partial charge in [0.15, 0.2) is 11.0 Å². The number of para-hydroxylation sites is 1. The van der Waals surface area contributed by atoms with Crippen molar-refractivity contribution >= 4 is 23.4 Å². The molecule has 0 N–H and O–H groups in total. The number of pyridine rings is 1. The van der Waals surface area contributed by atoms with E-state index in [-0.39, 0.29) is 5.91 Å². The third kappa shape index (κ3) is 3.80. The molecule has 4 aromatic rings. The molecule has 2 aromatic carbocycles. The summed E-state index contributed by atoms with van der Waals surface area (Å²) >= 11 is 1.41. The van der Waals surface area contributed by atoms with Crippen LogP contribution in [0, 0.1) is 13.8 Å². The van der Waals surface area contributed by atoms with Gasteiger partial charge in [0.25, 0.3) is 0 Å². The number of hydrogen-bond donors (Lipinski definition) is 0. The predicted octanol–water partition coefficient (Wildman–Crippen LogP) is 4.63. The van der Waals surface area contributed by atoms with Crippen LogP contribution in [0.2, 0.25) is 0 Å². The monoisotopic (exact) mass is 441 g/mol. The summed E-state index contributed by atoms with van der Waals surface area (Å²) in [7, 11) is 0. The third-order valence-corrected chi connectivity index (χ3v) is 6.55. The molecular formula is C25H23N5OS. The highest BCUT2D eigenvalue weighted by Gasteiger charge is 2.25. The Hall–Kier alpha value is -3.45. The number of nitrogens with zero attached hydrogens (tertiary/aromatic N) is 5. The van der Waals surface area contributed by atoms with Crippen molar-refractivity contribution in [3.05, 3.63) is 83.6 Å². The molecule has 1 amide bonds. The van der Waals surface area contributed by atoms with Gasteiger partial charge >= 0.3 is 0 Å². The fourth-order valence-electron chi connectivity index (χ4n) is 4.10. The average molecular weight is 442 g/mol. The molecule has 0 spiro atoms. The largest absolute Gasteiger partial charge is 0.311 e. The van der Waals surface area contributed by atoms with Gasteiger partial charge in [0.2, 0.25) is 5.91 Å². The van der Waals surface area contributed by atoms with Gasteiger partial charge in [-0.15, -0.1) is 10.2 Å². The number of carbonyl (C=O) groups excluding carboxylic acids is 1. The lowest BCUT2D eigenvalue weighted by atomic mass is 10.1. The van der Waals surface area contributed by atoms with Gasteiger partial charge in [-0.1, -0.05) is 53.7 Å². The van der Waals surface area contributed by atoms with Crippen molar-refractivity contribution in [1.29, 1.82) is 0 Å². The minimum absolute atomic E-state index is 0.0783. The number of carbonyl (C=O) groups is 1. The normalized spacial score (nSPS) is 12.8. The van der Waals surface area contributed by atoms with Crippen molar-refractivity contribution in [2.45, 2.75) is 25.4 Å². The summed E-state index contributed by atoms with van der Waals surface area (Å²) < 4.78 is 2.01.